The molecule has 1 heterocycles. The maximum absolute atomic E-state index is 11.0. The van der Waals surface area contributed by atoms with Gasteiger partial charge in [-0.15, -0.1) is 0 Å². The first-order chi connectivity index (χ1) is 10.2. The molecule has 21 heavy (non-hydrogen) atoms. The Kier molecular flexibility index (Phi) is 4.55. The molecule has 0 aliphatic heterocycles. The van der Waals surface area contributed by atoms with Gasteiger partial charge in [-0.1, -0.05) is 6.07 Å². The summed E-state index contributed by atoms with van der Waals surface area (Å²) in [6.45, 7) is 0.352. The second kappa shape index (κ2) is 6.56. The van der Waals surface area contributed by atoms with Gasteiger partial charge in [0, 0.05) is 30.4 Å². The molecule has 0 amide bonds. The van der Waals surface area contributed by atoms with Crippen molar-refractivity contribution in [1.29, 1.82) is 0 Å². The molecule has 2 rings (SSSR count). The second-order valence-corrected chi connectivity index (χ2v) is 4.17. The van der Waals surface area contributed by atoms with Crippen molar-refractivity contribution in [2.75, 3.05) is 19.5 Å². The van der Waals surface area contributed by atoms with E-state index in [1.54, 1.807) is 24.4 Å². The van der Waals surface area contributed by atoms with Crippen LogP contribution in [0.25, 0.3) is 0 Å². The number of nitrogens with zero attached hydrogens (tertiary/aromatic N) is 2. The molecule has 1 N–H and O–H groups in total. The zero-order valence-electron chi connectivity index (χ0n) is 11.7. The van der Waals surface area contributed by atoms with Gasteiger partial charge < -0.3 is 14.8 Å². The molecule has 0 atom stereocenters. The van der Waals surface area contributed by atoms with Crippen LogP contribution >= 0.6 is 0 Å². The summed E-state index contributed by atoms with van der Waals surface area (Å²) in [4.78, 5) is 14.7. The number of rotatable bonds is 6. The number of nitrogens with one attached hydrogen (secondary N) is 1. The molecule has 0 fully saturated rings. The van der Waals surface area contributed by atoms with Crippen LogP contribution < -0.4 is 14.8 Å². The number of nitro benzene ring substituents is 1. The predicted octanol–water partition coefficient (Wildman–Crippen LogP) is 2.62. The van der Waals surface area contributed by atoms with Crippen LogP contribution in [0.2, 0.25) is 0 Å². The number of nitro groups is 1. The molecule has 0 saturated carbocycles. The number of anilines is 1. The van der Waals surface area contributed by atoms with E-state index in [2.05, 4.69) is 10.3 Å². The Bertz CT molecular complexity index is 646. The van der Waals surface area contributed by atoms with Gasteiger partial charge in [-0.05, 0) is 12.1 Å². The summed E-state index contributed by atoms with van der Waals surface area (Å²) >= 11 is 0. The summed E-state index contributed by atoms with van der Waals surface area (Å²) in [6, 6.07) is 8.15. The number of aromatic nitrogens is 1. The van der Waals surface area contributed by atoms with Gasteiger partial charge in [0.15, 0.2) is 0 Å². The van der Waals surface area contributed by atoms with E-state index < -0.39 is 4.92 Å². The van der Waals surface area contributed by atoms with Gasteiger partial charge in [0.2, 0.25) is 5.88 Å². The molecule has 0 aliphatic carbocycles. The number of methoxy groups -OCH3 is 2. The Morgan fingerprint density at radius 3 is 2.76 bits per heavy atom. The zero-order valence-corrected chi connectivity index (χ0v) is 11.7. The van der Waals surface area contributed by atoms with E-state index in [0.29, 0.717) is 23.9 Å². The summed E-state index contributed by atoms with van der Waals surface area (Å²) in [5, 5.41) is 14.1. The molecule has 7 heteroatoms. The highest BCUT2D eigenvalue weighted by Gasteiger charge is 2.15. The van der Waals surface area contributed by atoms with Gasteiger partial charge in [-0.25, -0.2) is 4.98 Å². The van der Waals surface area contributed by atoms with Crippen LogP contribution in [-0.2, 0) is 6.54 Å². The summed E-state index contributed by atoms with van der Waals surface area (Å²) < 4.78 is 10.2. The summed E-state index contributed by atoms with van der Waals surface area (Å²) in [6.07, 6.45) is 1.62. The lowest BCUT2D eigenvalue weighted by atomic mass is 10.2. The average molecular weight is 289 g/mol. The third-order valence-corrected chi connectivity index (χ3v) is 2.91. The van der Waals surface area contributed by atoms with Crippen molar-refractivity contribution in [2.24, 2.45) is 0 Å². The van der Waals surface area contributed by atoms with E-state index in [0.717, 1.165) is 5.56 Å². The van der Waals surface area contributed by atoms with Crippen LogP contribution in [0.15, 0.2) is 36.5 Å². The maximum Gasteiger partial charge on any atom is 0.292 e. The van der Waals surface area contributed by atoms with Crippen molar-refractivity contribution >= 4 is 11.4 Å². The molecular formula is C14H15N3O4. The Morgan fingerprint density at radius 2 is 2.10 bits per heavy atom. The van der Waals surface area contributed by atoms with E-state index in [4.69, 9.17) is 9.47 Å². The number of hydrogen-bond donors (Lipinski definition) is 1. The van der Waals surface area contributed by atoms with Crippen LogP contribution in [0.5, 0.6) is 11.6 Å². The quantitative estimate of drug-likeness (QED) is 0.649. The number of benzene rings is 1. The van der Waals surface area contributed by atoms with E-state index >= 15 is 0 Å². The Morgan fingerprint density at radius 1 is 1.29 bits per heavy atom. The third-order valence-electron chi connectivity index (χ3n) is 2.91. The van der Waals surface area contributed by atoms with Gasteiger partial charge in [0.1, 0.15) is 11.4 Å². The van der Waals surface area contributed by atoms with E-state index in [1.165, 1.54) is 20.3 Å². The minimum Gasteiger partial charge on any atom is -0.497 e. The topological polar surface area (TPSA) is 86.5 Å². The minimum absolute atomic E-state index is 0.0151. The third kappa shape index (κ3) is 3.38. The van der Waals surface area contributed by atoms with E-state index in [-0.39, 0.29) is 5.69 Å². The molecule has 7 nitrogen and oxygen atoms in total. The fourth-order valence-electron chi connectivity index (χ4n) is 1.88. The Balaban J connectivity index is 2.24. The maximum atomic E-state index is 11.0. The highest BCUT2D eigenvalue weighted by atomic mass is 16.6. The van der Waals surface area contributed by atoms with Crippen LogP contribution in [0.1, 0.15) is 5.56 Å². The Labute approximate surface area is 121 Å². The van der Waals surface area contributed by atoms with Crippen molar-refractivity contribution < 1.29 is 14.4 Å². The predicted molar refractivity (Wildman–Crippen MR) is 77.8 cm³/mol. The molecular weight excluding hydrogens is 274 g/mol. The monoisotopic (exact) mass is 289 g/mol. The summed E-state index contributed by atoms with van der Waals surface area (Å²) in [5.41, 5.74) is 1.17. The molecule has 0 unspecified atom stereocenters. The largest absolute Gasteiger partial charge is 0.497 e. The smallest absolute Gasteiger partial charge is 0.292 e. The normalized spacial score (nSPS) is 10.0. The van der Waals surface area contributed by atoms with Gasteiger partial charge in [-0.2, -0.15) is 0 Å². The van der Waals surface area contributed by atoms with Crippen LogP contribution in [-0.4, -0.2) is 24.1 Å². The second-order valence-electron chi connectivity index (χ2n) is 4.17. The standard InChI is InChI=1S/C14H15N3O4/c1-20-11-5-6-13(17(18)19)12(8-11)16-9-10-4-3-7-15-14(10)21-2/h3-8,16H,9H2,1-2H3. The molecule has 0 spiro atoms. The molecule has 1 aromatic heterocycles. The molecule has 0 bridgehead atoms. The van der Waals surface area contributed by atoms with Crippen LogP contribution in [0, 0.1) is 10.1 Å². The van der Waals surface area contributed by atoms with E-state index in [1.807, 2.05) is 6.07 Å². The van der Waals surface area contributed by atoms with Crippen molar-refractivity contribution in [1.82, 2.24) is 4.98 Å². The first kappa shape index (κ1) is 14.6. The van der Waals surface area contributed by atoms with Crippen molar-refractivity contribution in [3.63, 3.8) is 0 Å². The first-order valence-electron chi connectivity index (χ1n) is 6.20. The lowest BCUT2D eigenvalue weighted by Gasteiger charge is -2.10. The lowest BCUT2D eigenvalue weighted by Crippen LogP contribution is -2.05. The molecule has 2 aromatic rings. The summed E-state index contributed by atoms with van der Waals surface area (Å²) in [7, 11) is 3.04. The molecule has 110 valence electrons. The number of ether oxygens (including phenoxy) is 2. The van der Waals surface area contributed by atoms with Gasteiger partial charge in [-0.3, -0.25) is 10.1 Å². The van der Waals surface area contributed by atoms with Gasteiger partial charge >= 0.3 is 0 Å². The minimum atomic E-state index is -0.442. The zero-order chi connectivity index (χ0) is 15.2. The van der Waals surface area contributed by atoms with Gasteiger partial charge in [0.25, 0.3) is 5.69 Å². The average Bonchev–Trinajstić information content (AvgIpc) is 2.52. The highest BCUT2D eigenvalue weighted by molar-refractivity contribution is 5.64. The number of pyridine rings is 1. The van der Waals surface area contributed by atoms with E-state index in [9.17, 15) is 10.1 Å². The highest BCUT2D eigenvalue weighted by Crippen LogP contribution is 2.29. The van der Waals surface area contributed by atoms with Crippen molar-refractivity contribution in [3.05, 3.63) is 52.2 Å². The molecule has 1 aromatic carbocycles. The first-order valence-corrected chi connectivity index (χ1v) is 6.20. The Hall–Kier alpha value is -2.83. The van der Waals surface area contributed by atoms with Crippen molar-refractivity contribution in [2.45, 2.75) is 6.54 Å². The fraction of sp³-hybridized carbons (Fsp3) is 0.214. The lowest BCUT2D eigenvalue weighted by molar-refractivity contribution is -0.384. The molecule has 0 saturated heterocycles. The fourth-order valence-corrected chi connectivity index (χ4v) is 1.88. The van der Waals surface area contributed by atoms with Crippen LogP contribution in [0.3, 0.4) is 0 Å². The van der Waals surface area contributed by atoms with Crippen molar-refractivity contribution in [3.8, 4) is 11.6 Å². The van der Waals surface area contributed by atoms with Crippen LogP contribution in [0.4, 0.5) is 11.4 Å². The van der Waals surface area contributed by atoms with Gasteiger partial charge in [0.05, 0.1) is 19.1 Å². The SMILES string of the molecule is COc1ccc([N+](=O)[O-])c(NCc2cccnc2OC)c1. The molecule has 0 aliphatic rings. The summed E-state index contributed by atoms with van der Waals surface area (Å²) in [5.74, 6) is 1.02. The molecule has 0 radical (unpaired) electrons. The number of hydrogen-bond acceptors (Lipinski definition) is 6.